The average molecular weight is 460 g/mol. The SMILES string of the molecule is CC(=O)O[C@H]1c2c(SC(F)(F)F)ccc(OS(=O)(=O)C(F)(F)F)c2CC1(F)F. The molecule has 1 aromatic rings. The molecule has 0 radical (unpaired) electrons. The third kappa shape index (κ3) is 4.61. The van der Waals surface area contributed by atoms with E-state index >= 15 is 0 Å². The number of benzene rings is 1. The summed E-state index contributed by atoms with van der Waals surface area (Å²) >= 11 is -0.882. The molecule has 2 rings (SSSR count). The molecule has 1 aromatic carbocycles. The Morgan fingerprint density at radius 2 is 1.75 bits per heavy atom. The number of halogens is 8. The highest BCUT2D eigenvalue weighted by molar-refractivity contribution is 8.00. The number of alkyl halides is 8. The number of ether oxygens (including phenoxy) is 1. The van der Waals surface area contributed by atoms with Gasteiger partial charge in [-0.2, -0.15) is 34.8 Å². The van der Waals surface area contributed by atoms with Gasteiger partial charge in [0.05, 0.1) is 0 Å². The topological polar surface area (TPSA) is 69.7 Å². The Morgan fingerprint density at radius 1 is 1.18 bits per heavy atom. The fraction of sp³-hybridized carbons (Fsp3) is 0.462. The molecule has 0 saturated heterocycles. The van der Waals surface area contributed by atoms with Crippen LogP contribution in [0.3, 0.4) is 0 Å². The molecule has 0 saturated carbocycles. The summed E-state index contributed by atoms with van der Waals surface area (Å²) in [6, 6.07) is 0.846. The van der Waals surface area contributed by atoms with Gasteiger partial charge in [0.1, 0.15) is 5.75 Å². The van der Waals surface area contributed by atoms with E-state index in [1.54, 1.807) is 0 Å². The van der Waals surface area contributed by atoms with Crippen molar-refractivity contribution in [2.45, 2.75) is 41.3 Å². The summed E-state index contributed by atoms with van der Waals surface area (Å²) in [6.45, 7) is 0.694. The van der Waals surface area contributed by atoms with Gasteiger partial charge in [0, 0.05) is 29.4 Å². The predicted octanol–water partition coefficient (Wildman–Crippen LogP) is 4.32. The summed E-state index contributed by atoms with van der Waals surface area (Å²) in [5.41, 5.74) is -12.8. The molecule has 0 N–H and O–H groups in total. The molecule has 0 heterocycles. The van der Waals surface area contributed by atoms with E-state index in [-0.39, 0.29) is 0 Å². The Bertz CT molecular complexity index is 891. The second-order valence-corrected chi connectivity index (χ2v) is 8.06. The van der Waals surface area contributed by atoms with E-state index in [9.17, 15) is 48.3 Å². The minimum Gasteiger partial charge on any atom is -0.451 e. The van der Waals surface area contributed by atoms with Crippen molar-refractivity contribution in [3.05, 3.63) is 23.3 Å². The summed E-state index contributed by atoms with van der Waals surface area (Å²) < 4.78 is 135. The van der Waals surface area contributed by atoms with Crippen LogP contribution in [0.2, 0.25) is 0 Å². The van der Waals surface area contributed by atoms with Crippen LogP contribution in [-0.2, 0) is 26.1 Å². The molecular weight excluding hydrogens is 452 g/mol. The lowest BCUT2D eigenvalue weighted by molar-refractivity contribution is -0.169. The smallest absolute Gasteiger partial charge is 0.451 e. The van der Waals surface area contributed by atoms with Crippen LogP contribution in [0.15, 0.2) is 17.0 Å². The van der Waals surface area contributed by atoms with E-state index < -0.39 is 79.1 Å². The van der Waals surface area contributed by atoms with Gasteiger partial charge >= 0.3 is 27.1 Å². The second kappa shape index (κ2) is 6.93. The molecule has 5 nitrogen and oxygen atoms in total. The van der Waals surface area contributed by atoms with E-state index in [4.69, 9.17) is 0 Å². The molecule has 0 aromatic heterocycles. The molecule has 0 bridgehead atoms. The molecule has 28 heavy (non-hydrogen) atoms. The maximum Gasteiger partial charge on any atom is 0.534 e. The van der Waals surface area contributed by atoms with Crippen LogP contribution >= 0.6 is 11.8 Å². The Hall–Kier alpha value is -1.77. The monoisotopic (exact) mass is 460 g/mol. The molecule has 1 atom stereocenters. The number of hydrogen-bond donors (Lipinski definition) is 0. The van der Waals surface area contributed by atoms with Crippen molar-refractivity contribution >= 4 is 27.8 Å². The maximum atomic E-state index is 14.2. The summed E-state index contributed by atoms with van der Waals surface area (Å²) in [7, 11) is -6.28. The number of esters is 1. The van der Waals surface area contributed by atoms with E-state index in [0.717, 1.165) is 0 Å². The van der Waals surface area contributed by atoms with Gasteiger partial charge in [0.25, 0.3) is 5.92 Å². The highest BCUT2D eigenvalue weighted by Crippen LogP contribution is 2.54. The summed E-state index contributed by atoms with van der Waals surface area (Å²) in [5.74, 6) is -6.56. The fourth-order valence-corrected chi connectivity index (χ4v) is 3.61. The number of rotatable bonds is 4. The van der Waals surface area contributed by atoms with Crippen molar-refractivity contribution in [3.63, 3.8) is 0 Å². The van der Waals surface area contributed by atoms with Crippen LogP contribution < -0.4 is 4.18 Å². The highest BCUT2D eigenvalue weighted by Gasteiger charge is 2.55. The first-order chi connectivity index (χ1) is 12.4. The number of thioether (sulfide) groups is 1. The van der Waals surface area contributed by atoms with Crippen LogP contribution in [0, 0.1) is 0 Å². The summed E-state index contributed by atoms with van der Waals surface area (Å²) in [5, 5.41) is 0. The number of fused-ring (bicyclic) bond motifs is 1. The maximum absolute atomic E-state index is 14.2. The van der Waals surface area contributed by atoms with Crippen LogP contribution in [0.1, 0.15) is 24.2 Å². The summed E-state index contributed by atoms with van der Waals surface area (Å²) in [6.07, 6.45) is -4.07. The van der Waals surface area contributed by atoms with Crippen molar-refractivity contribution in [2.75, 3.05) is 0 Å². The van der Waals surface area contributed by atoms with Crippen molar-refractivity contribution in [1.29, 1.82) is 0 Å². The normalized spacial score (nSPS) is 19.2. The fourth-order valence-electron chi connectivity index (χ4n) is 2.40. The number of hydrogen-bond acceptors (Lipinski definition) is 6. The molecule has 0 spiro atoms. The van der Waals surface area contributed by atoms with Gasteiger partial charge in [-0.15, -0.1) is 0 Å². The van der Waals surface area contributed by atoms with Crippen LogP contribution in [0.25, 0.3) is 0 Å². The zero-order valence-corrected chi connectivity index (χ0v) is 15.0. The van der Waals surface area contributed by atoms with Crippen LogP contribution in [0.4, 0.5) is 35.1 Å². The number of carbonyl (C=O) groups is 1. The van der Waals surface area contributed by atoms with Gasteiger partial charge < -0.3 is 8.92 Å². The molecule has 0 amide bonds. The quantitative estimate of drug-likeness (QED) is 0.219. The van der Waals surface area contributed by atoms with Crippen molar-refractivity contribution in [2.24, 2.45) is 0 Å². The van der Waals surface area contributed by atoms with Crippen molar-refractivity contribution < 1.29 is 57.3 Å². The first kappa shape index (κ1) is 22.5. The first-order valence-electron chi connectivity index (χ1n) is 6.92. The van der Waals surface area contributed by atoms with Gasteiger partial charge in [0.2, 0.25) is 0 Å². The Kier molecular flexibility index (Phi) is 5.57. The lowest BCUT2D eigenvalue weighted by atomic mass is 10.1. The average Bonchev–Trinajstić information content (AvgIpc) is 2.70. The van der Waals surface area contributed by atoms with Crippen LogP contribution in [0.5, 0.6) is 5.75 Å². The standard InChI is InChI=1S/C13H8F8O5S2/c1-5(22)25-10-9-6(4-11(10,14)15)7(26-28(23,24)13(19,20)21)2-3-8(9)27-12(16,17)18/h2-3,10H,4H2,1H3/t10-/m0/s1. The van der Waals surface area contributed by atoms with Gasteiger partial charge in [-0.3, -0.25) is 4.79 Å². The summed E-state index contributed by atoms with van der Waals surface area (Å²) in [4.78, 5) is 10.2. The first-order valence-corrected chi connectivity index (χ1v) is 9.14. The van der Waals surface area contributed by atoms with Gasteiger partial charge in [0.15, 0.2) is 6.10 Å². The Morgan fingerprint density at radius 3 is 2.21 bits per heavy atom. The lowest BCUT2D eigenvalue weighted by Gasteiger charge is -2.21. The zero-order chi connectivity index (χ0) is 21.7. The van der Waals surface area contributed by atoms with Gasteiger partial charge in [-0.1, -0.05) is 0 Å². The van der Waals surface area contributed by atoms with Crippen LogP contribution in [-0.4, -0.2) is 31.3 Å². The zero-order valence-electron chi connectivity index (χ0n) is 13.3. The third-order valence-corrected chi connectivity index (χ3v) is 5.10. The third-order valence-electron chi connectivity index (χ3n) is 3.32. The van der Waals surface area contributed by atoms with E-state index in [0.29, 0.717) is 19.1 Å². The largest absolute Gasteiger partial charge is 0.534 e. The van der Waals surface area contributed by atoms with E-state index in [1.807, 2.05) is 0 Å². The van der Waals surface area contributed by atoms with E-state index in [1.165, 1.54) is 0 Å². The number of carbonyl (C=O) groups excluding carboxylic acids is 1. The molecule has 0 aliphatic heterocycles. The minimum atomic E-state index is -6.28. The molecule has 0 fully saturated rings. The lowest BCUT2D eigenvalue weighted by Crippen LogP contribution is -2.28. The Balaban J connectivity index is 2.66. The second-order valence-electron chi connectivity index (χ2n) is 5.41. The molecule has 15 heteroatoms. The molecule has 1 aliphatic carbocycles. The van der Waals surface area contributed by atoms with Crippen molar-refractivity contribution in [3.8, 4) is 5.75 Å². The van der Waals surface area contributed by atoms with Gasteiger partial charge in [-0.05, 0) is 23.9 Å². The van der Waals surface area contributed by atoms with Gasteiger partial charge in [-0.25, -0.2) is 8.78 Å². The predicted molar refractivity (Wildman–Crippen MR) is 77.1 cm³/mol. The Labute approximate surface area is 156 Å². The van der Waals surface area contributed by atoms with Crippen molar-refractivity contribution in [1.82, 2.24) is 0 Å². The highest BCUT2D eigenvalue weighted by atomic mass is 32.2. The molecular formula is C13H8F8O5S2. The molecule has 158 valence electrons. The minimum absolute atomic E-state index is 0.391. The van der Waals surface area contributed by atoms with E-state index in [2.05, 4.69) is 8.92 Å². The molecule has 0 unspecified atom stereocenters. The molecule has 1 aliphatic rings.